The maximum atomic E-state index is 12.4. The van der Waals surface area contributed by atoms with Gasteiger partial charge in [-0.2, -0.15) is 13.2 Å². The normalized spacial score (nSPS) is 12.9. The number of aromatic nitrogens is 1. The number of nitrogens with zero attached hydrogens (tertiary/aromatic N) is 1. The average Bonchev–Trinajstić information content (AvgIpc) is 2.00. The summed E-state index contributed by atoms with van der Waals surface area (Å²) in [6.07, 6.45) is -3.80. The topological polar surface area (TPSA) is 73.1 Å². The highest BCUT2D eigenvalue weighted by Crippen LogP contribution is 2.33. The van der Waals surface area contributed by atoms with E-state index in [0.717, 1.165) is 6.20 Å². The summed E-state index contributed by atoms with van der Waals surface area (Å²) in [5, 5.41) is 3.45. The number of nitrogens with two attached hydrogens (primary N) is 1. The lowest BCUT2D eigenvalue weighted by atomic mass is 10.3. The SMILES string of the molecule is NS(=O)(=O)c1ncc(I)cc1C(F)(F)F. The molecule has 1 aromatic heterocycles. The fourth-order valence-corrected chi connectivity index (χ4v) is 1.99. The number of halogens is 4. The molecule has 0 aromatic carbocycles. The zero-order valence-corrected chi connectivity index (χ0v) is 9.89. The number of pyridine rings is 1. The van der Waals surface area contributed by atoms with Gasteiger partial charge in [-0.1, -0.05) is 0 Å². The Labute approximate surface area is 96.9 Å². The molecule has 0 aliphatic carbocycles. The molecule has 1 aromatic rings. The van der Waals surface area contributed by atoms with Crippen molar-refractivity contribution in [3.8, 4) is 0 Å². The molecule has 0 bridgehead atoms. The number of hydrogen-bond donors (Lipinski definition) is 1. The van der Waals surface area contributed by atoms with Crippen LogP contribution in [0, 0.1) is 3.57 Å². The first kappa shape index (κ1) is 12.6. The number of rotatable bonds is 1. The van der Waals surface area contributed by atoms with Gasteiger partial charge in [0.25, 0.3) is 10.0 Å². The molecule has 0 aliphatic rings. The monoisotopic (exact) mass is 352 g/mol. The molecule has 0 spiro atoms. The van der Waals surface area contributed by atoms with Crippen LogP contribution < -0.4 is 5.14 Å². The van der Waals surface area contributed by atoms with Gasteiger partial charge < -0.3 is 0 Å². The van der Waals surface area contributed by atoms with E-state index >= 15 is 0 Å². The van der Waals surface area contributed by atoms with Crippen molar-refractivity contribution >= 4 is 32.6 Å². The van der Waals surface area contributed by atoms with Crippen LogP contribution in [0.2, 0.25) is 0 Å². The molecule has 2 N–H and O–H groups in total. The smallest absolute Gasteiger partial charge is 0.242 e. The predicted octanol–water partition coefficient (Wildman–Crippen LogP) is 1.35. The Morgan fingerprint density at radius 2 is 1.93 bits per heavy atom. The minimum absolute atomic E-state index is 0.173. The largest absolute Gasteiger partial charge is 0.419 e. The van der Waals surface area contributed by atoms with E-state index in [4.69, 9.17) is 0 Å². The summed E-state index contributed by atoms with van der Waals surface area (Å²) < 4.78 is 59.0. The Balaban J connectivity index is 3.55. The highest BCUT2D eigenvalue weighted by Gasteiger charge is 2.37. The van der Waals surface area contributed by atoms with Crippen LogP contribution in [-0.2, 0) is 16.2 Å². The van der Waals surface area contributed by atoms with Crippen LogP contribution in [0.15, 0.2) is 17.3 Å². The van der Waals surface area contributed by atoms with Gasteiger partial charge in [-0.3, -0.25) is 0 Å². The molecule has 0 unspecified atom stereocenters. The zero-order valence-electron chi connectivity index (χ0n) is 6.92. The predicted molar refractivity (Wildman–Crippen MR) is 53.3 cm³/mol. The summed E-state index contributed by atoms with van der Waals surface area (Å²) in [5.74, 6) is 0. The summed E-state index contributed by atoms with van der Waals surface area (Å²) in [6.45, 7) is 0. The molecule has 4 nitrogen and oxygen atoms in total. The van der Waals surface area contributed by atoms with Crippen LogP contribution in [0.4, 0.5) is 13.2 Å². The standard InChI is InChI=1S/C6H4F3IN2O2S/c7-6(8,9)4-1-3(10)2-12-5(4)15(11,13)14/h1-2H,(H2,11,13,14). The third-order valence-corrected chi connectivity index (χ3v) is 2.85. The second kappa shape index (κ2) is 3.87. The van der Waals surface area contributed by atoms with E-state index in [1.54, 1.807) is 22.6 Å². The van der Waals surface area contributed by atoms with E-state index < -0.39 is 26.8 Å². The Morgan fingerprint density at radius 1 is 1.40 bits per heavy atom. The maximum absolute atomic E-state index is 12.4. The quantitative estimate of drug-likeness (QED) is 0.776. The Hall–Kier alpha value is -0.420. The molecule has 0 aliphatic heterocycles. The van der Waals surface area contributed by atoms with Crippen molar-refractivity contribution in [1.29, 1.82) is 0 Å². The molecule has 0 saturated heterocycles. The van der Waals surface area contributed by atoms with Gasteiger partial charge in [-0.05, 0) is 28.7 Å². The van der Waals surface area contributed by atoms with Crippen LogP contribution >= 0.6 is 22.6 Å². The molecule has 84 valence electrons. The second-order valence-electron chi connectivity index (χ2n) is 2.55. The van der Waals surface area contributed by atoms with Crippen molar-refractivity contribution in [2.45, 2.75) is 11.2 Å². The average molecular weight is 352 g/mol. The minimum Gasteiger partial charge on any atom is -0.242 e. The Kier molecular flexibility index (Phi) is 3.26. The first-order valence-electron chi connectivity index (χ1n) is 3.38. The highest BCUT2D eigenvalue weighted by molar-refractivity contribution is 14.1. The van der Waals surface area contributed by atoms with Gasteiger partial charge >= 0.3 is 6.18 Å². The lowest BCUT2D eigenvalue weighted by Crippen LogP contribution is -2.20. The molecule has 0 fully saturated rings. The third kappa shape index (κ3) is 3.01. The molecular formula is C6H4F3IN2O2S. The summed E-state index contributed by atoms with van der Waals surface area (Å²) >= 11 is 1.59. The van der Waals surface area contributed by atoms with Crippen molar-refractivity contribution in [1.82, 2.24) is 4.98 Å². The lowest BCUT2D eigenvalue weighted by molar-refractivity contribution is -0.140. The zero-order chi connectivity index (χ0) is 11.9. The maximum Gasteiger partial charge on any atom is 0.419 e. The van der Waals surface area contributed by atoms with Crippen molar-refractivity contribution in [3.05, 3.63) is 21.4 Å². The fraction of sp³-hybridized carbons (Fsp3) is 0.167. The summed E-state index contributed by atoms with van der Waals surface area (Å²) in [5.41, 5.74) is -1.35. The molecule has 0 atom stereocenters. The second-order valence-corrected chi connectivity index (χ2v) is 5.27. The van der Waals surface area contributed by atoms with Gasteiger partial charge in [0, 0.05) is 9.77 Å². The molecule has 9 heteroatoms. The van der Waals surface area contributed by atoms with Crippen LogP contribution in [0.25, 0.3) is 0 Å². The first-order valence-corrected chi connectivity index (χ1v) is 6.00. The molecule has 0 amide bonds. The van der Waals surface area contributed by atoms with Gasteiger partial charge in [0.05, 0.1) is 5.56 Å². The van der Waals surface area contributed by atoms with Gasteiger partial charge in [-0.25, -0.2) is 18.5 Å². The minimum atomic E-state index is -4.80. The summed E-state index contributed by atoms with van der Waals surface area (Å²) in [4.78, 5) is 3.18. The van der Waals surface area contributed by atoms with Crippen LogP contribution in [-0.4, -0.2) is 13.4 Å². The van der Waals surface area contributed by atoms with Crippen LogP contribution in [0.1, 0.15) is 5.56 Å². The first-order chi connectivity index (χ1) is 6.62. The van der Waals surface area contributed by atoms with E-state index in [2.05, 4.69) is 10.1 Å². The van der Waals surface area contributed by atoms with E-state index in [9.17, 15) is 21.6 Å². The molecule has 1 heterocycles. The van der Waals surface area contributed by atoms with Crippen molar-refractivity contribution in [2.24, 2.45) is 5.14 Å². The van der Waals surface area contributed by atoms with Crippen molar-refractivity contribution in [3.63, 3.8) is 0 Å². The Bertz CT molecular complexity index is 486. The molecular weight excluding hydrogens is 348 g/mol. The Morgan fingerprint density at radius 3 is 2.33 bits per heavy atom. The van der Waals surface area contributed by atoms with Gasteiger partial charge in [0.2, 0.25) is 0 Å². The third-order valence-electron chi connectivity index (χ3n) is 1.39. The summed E-state index contributed by atoms with van der Waals surface area (Å²) in [6, 6.07) is 0.674. The number of primary sulfonamides is 1. The van der Waals surface area contributed by atoms with Crippen LogP contribution in [0.3, 0.4) is 0 Å². The van der Waals surface area contributed by atoms with Crippen molar-refractivity contribution in [2.75, 3.05) is 0 Å². The molecule has 0 saturated carbocycles. The number of sulfonamides is 1. The van der Waals surface area contributed by atoms with E-state index in [1.165, 1.54) is 0 Å². The van der Waals surface area contributed by atoms with Crippen LogP contribution in [0.5, 0.6) is 0 Å². The van der Waals surface area contributed by atoms with Gasteiger partial charge in [0.15, 0.2) is 5.03 Å². The number of alkyl halides is 3. The van der Waals surface area contributed by atoms with Gasteiger partial charge in [0.1, 0.15) is 0 Å². The molecule has 0 radical (unpaired) electrons. The van der Waals surface area contributed by atoms with E-state index in [0.29, 0.717) is 6.07 Å². The van der Waals surface area contributed by atoms with Crippen molar-refractivity contribution < 1.29 is 21.6 Å². The summed E-state index contributed by atoms with van der Waals surface area (Å²) in [7, 11) is -4.47. The number of hydrogen-bond acceptors (Lipinski definition) is 3. The fourth-order valence-electron chi connectivity index (χ4n) is 0.857. The van der Waals surface area contributed by atoms with E-state index in [-0.39, 0.29) is 3.57 Å². The molecule has 1 rings (SSSR count). The van der Waals surface area contributed by atoms with Gasteiger partial charge in [-0.15, -0.1) is 0 Å². The van der Waals surface area contributed by atoms with E-state index in [1.807, 2.05) is 0 Å². The molecule has 15 heavy (non-hydrogen) atoms. The lowest BCUT2D eigenvalue weighted by Gasteiger charge is -2.10. The highest BCUT2D eigenvalue weighted by atomic mass is 127.